The van der Waals surface area contributed by atoms with Crippen LogP contribution in [0.5, 0.6) is 17.2 Å². The summed E-state index contributed by atoms with van der Waals surface area (Å²) in [5.74, 6) is 1.51. The minimum atomic E-state index is -0.463. The van der Waals surface area contributed by atoms with Crippen molar-refractivity contribution in [2.45, 2.75) is 6.92 Å². The third-order valence-corrected chi connectivity index (χ3v) is 4.72. The largest absolute Gasteiger partial charge is 0.494 e. The predicted octanol–water partition coefficient (Wildman–Crippen LogP) is 4.93. The molecule has 156 valence electrons. The first-order valence-electron chi connectivity index (χ1n) is 9.16. The Hall–Kier alpha value is -3.26. The number of carbonyl (C=O) groups is 1. The number of rotatable bonds is 9. The van der Waals surface area contributed by atoms with E-state index in [0.717, 1.165) is 15.6 Å². The molecule has 2 aromatic carbocycles. The number of carbonyl (C=O) groups excluding carboxylic acids is 1. The van der Waals surface area contributed by atoms with E-state index in [9.17, 15) is 4.79 Å². The average Bonchev–Trinajstić information content (AvgIpc) is 3.17. The fourth-order valence-electron chi connectivity index (χ4n) is 2.68. The third-order valence-electron chi connectivity index (χ3n) is 4.03. The average molecular weight is 473 g/mol. The highest BCUT2D eigenvalue weighted by molar-refractivity contribution is 9.10. The smallest absolute Gasteiger partial charge is 0.307 e. The molecule has 1 aromatic heterocycles. The Morgan fingerprint density at radius 1 is 1.23 bits per heavy atom. The Labute approximate surface area is 182 Å². The molecule has 7 nitrogen and oxygen atoms in total. The van der Waals surface area contributed by atoms with Gasteiger partial charge in [0.15, 0.2) is 17.3 Å². The lowest BCUT2D eigenvalue weighted by molar-refractivity contribution is 0.0929. The second kappa shape index (κ2) is 9.98. The Morgan fingerprint density at radius 2 is 2.07 bits per heavy atom. The number of nitrogens with one attached hydrogen (secondary N) is 1. The molecule has 30 heavy (non-hydrogen) atoms. The summed E-state index contributed by atoms with van der Waals surface area (Å²) >= 11 is 3.46. The van der Waals surface area contributed by atoms with Crippen LogP contribution in [-0.4, -0.2) is 32.4 Å². The van der Waals surface area contributed by atoms with E-state index in [1.165, 1.54) is 6.21 Å². The molecule has 0 spiro atoms. The highest BCUT2D eigenvalue weighted by atomic mass is 79.9. The minimum Gasteiger partial charge on any atom is -0.494 e. The van der Waals surface area contributed by atoms with Gasteiger partial charge in [-0.25, -0.2) is 5.43 Å². The summed E-state index contributed by atoms with van der Waals surface area (Å²) in [5, 5.41) is 4.79. The molecular formula is C22H21BrN2O5. The van der Waals surface area contributed by atoms with Crippen LogP contribution in [0.3, 0.4) is 0 Å². The van der Waals surface area contributed by atoms with E-state index < -0.39 is 5.91 Å². The molecule has 3 rings (SSSR count). The number of hydrogen-bond donors (Lipinski definition) is 1. The van der Waals surface area contributed by atoms with Gasteiger partial charge in [-0.05, 0) is 59.3 Å². The number of ether oxygens (including phenoxy) is 3. The van der Waals surface area contributed by atoms with Crippen molar-refractivity contribution >= 4 is 39.0 Å². The van der Waals surface area contributed by atoms with E-state index in [1.807, 2.05) is 13.0 Å². The van der Waals surface area contributed by atoms with Gasteiger partial charge in [0, 0.05) is 15.4 Å². The number of methoxy groups -OCH3 is 1. The first-order chi connectivity index (χ1) is 14.5. The van der Waals surface area contributed by atoms with Crippen molar-refractivity contribution in [3.8, 4) is 17.2 Å². The fraction of sp³-hybridized carbons (Fsp3) is 0.182. The first-order valence-corrected chi connectivity index (χ1v) is 9.96. The molecule has 8 heteroatoms. The molecule has 0 bridgehead atoms. The maximum absolute atomic E-state index is 12.4. The van der Waals surface area contributed by atoms with Gasteiger partial charge in [-0.3, -0.25) is 4.79 Å². The number of hydrogen-bond acceptors (Lipinski definition) is 6. The summed E-state index contributed by atoms with van der Waals surface area (Å²) in [6.07, 6.45) is 3.14. The van der Waals surface area contributed by atoms with Crippen LogP contribution in [0.15, 0.2) is 63.0 Å². The van der Waals surface area contributed by atoms with Gasteiger partial charge in [0.2, 0.25) is 0 Å². The molecule has 1 N–H and O–H groups in total. The SMILES string of the molecule is C=CCOc1cc(Br)c(/C=N/NC(=O)c2cc3cc(OCC)ccc3o2)cc1OC. The lowest BCUT2D eigenvalue weighted by Gasteiger charge is -2.11. The van der Waals surface area contributed by atoms with Gasteiger partial charge in [-0.1, -0.05) is 12.7 Å². The van der Waals surface area contributed by atoms with Crippen molar-refractivity contribution in [3.63, 3.8) is 0 Å². The standard InChI is InChI=1S/C22H21BrN2O5/c1-4-8-29-20-12-17(23)15(11-19(20)27-3)13-24-25-22(26)21-10-14-9-16(28-5-2)6-7-18(14)30-21/h4,6-7,9-13H,1,5,8H2,2-3H3,(H,25,26)/b24-13+. The van der Waals surface area contributed by atoms with Gasteiger partial charge in [-0.2, -0.15) is 5.10 Å². The van der Waals surface area contributed by atoms with Crippen molar-refractivity contribution in [2.24, 2.45) is 5.10 Å². The van der Waals surface area contributed by atoms with Crippen molar-refractivity contribution in [1.29, 1.82) is 0 Å². The summed E-state index contributed by atoms with van der Waals surface area (Å²) in [7, 11) is 1.55. The Kier molecular flexibility index (Phi) is 7.13. The van der Waals surface area contributed by atoms with Crippen LogP contribution >= 0.6 is 15.9 Å². The number of hydrazone groups is 1. The van der Waals surface area contributed by atoms with Crippen molar-refractivity contribution in [2.75, 3.05) is 20.3 Å². The molecule has 0 saturated heterocycles. The zero-order valence-electron chi connectivity index (χ0n) is 16.6. The molecule has 0 aliphatic carbocycles. The lowest BCUT2D eigenvalue weighted by Crippen LogP contribution is -2.16. The lowest BCUT2D eigenvalue weighted by atomic mass is 10.2. The van der Waals surface area contributed by atoms with Gasteiger partial charge >= 0.3 is 5.91 Å². The monoisotopic (exact) mass is 472 g/mol. The highest BCUT2D eigenvalue weighted by Crippen LogP contribution is 2.33. The van der Waals surface area contributed by atoms with Crippen LogP contribution in [0.1, 0.15) is 23.0 Å². The van der Waals surface area contributed by atoms with E-state index in [0.29, 0.717) is 35.9 Å². The Morgan fingerprint density at radius 3 is 2.80 bits per heavy atom. The maximum Gasteiger partial charge on any atom is 0.307 e. The normalized spacial score (nSPS) is 10.9. The molecule has 0 fully saturated rings. The number of fused-ring (bicyclic) bond motifs is 1. The highest BCUT2D eigenvalue weighted by Gasteiger charge is 2.13. The maximum atomic E-state index is 12.4. The van der Waals surface area contributed by atoms with Crippen LogP contribution in [0.25, 0.3) is 11.0 Å². The van der Waals surface area contributed by atoms with Gasteiger partial charge in [0.25, 0.3) is 0 Å². The van der Waals surface area contributed by atoms with E-state index in [4.69, 9.17) is 18.6 Å². The molecule has 0 unspecified atom stereocenters. The van der Waals surface area contributed by atoms with Gasteiger partial charge in [0.1, 0.15) is 17.9 Å². The first kappa shape index (κ1) is 21.4. The Balaban J connectivity index is 1.72. The zero-order chi connectivity index (χ0) is 21.5. The summed E-state index contributed by atoms with van der Waals surface area (Å²) in [5.41, 5.74) is 3.75. The number of amides is 1. The third kappa shape index (κ3) is 5.01. The second-order valence-electron chi connectivity index (χ2n) is 6.07. The molecule has 1 heterocycles. The molecule has 0 radical (unpaired) electrons. The van der Waals surface area contributed by atoms with Crippen molar-refractivity contribution in [3.05, 3.63) is 64.8 Å². The summed E-state index contributed by atoms with van der Waals surface area (Å²) < 4.78 is 22.7. The van der Waals surface area contributed by atoms with Crippen LogP contribution in [-0.2, 0) is 0 Å². The molecule has 0 aliphatic heterocycles. The molecule has 3 aromatic rings. The van der Waals surface area contributed by atoms with E-state index >= 15 is 0 Å². The number of furan rings is 1. The predicted molar refractivity (Wildman–Crippen MR) is 119 cm³/mol. The van der Waals surface area contributed by atoms with Crippen molar-refractivity contribution in [1.82, 2.24) is 5.43 Å². The van der Waals surface area contributed by atoms with Crippen LogP contribution in [0, 0.1) is 0 Å². The van der Waals surface area contributed by atoms with Gasteiger partial charge < -0.3 is 18.6 Å². The number of halogens is 1. The number of nitrogens with zero attached hydrogens (tertiary/aromatic N) is 1. The van der Waals surface area contributed by atoms with Gasteiger partial charge in [0.05, 0.1) is 19.9 Å². The van der Waals surface area contributed by atoms with E-state index in [-0.39, 0.29) is 5.76 Å². The van der Waals surface area contributed by atoms with Crippen LogP contribution in [0.2, 0.25) is 0 Å². The summed E-state index contributed by atoms with van der Waals surface area (Å²) in [6.45, 7) is 6.46. The molecule has 0 saturated carbocycles. The molecule has 1 amide bonds. The fourth-order valence-corrected chi connectivity index (χ4v) is 3.10. The van der Waals surface area contributed by atoms with Gasteiger partial charge in [-0.15, -0.1) is 0 Å². The summed E-state index contributed by atoms with van der Waals surface area (Å²) in [4.78, 5) is 12.4. The van der Waals surface area contributed by atoms with Crippen LogP contribution in [0.4, 0.5) is 0 Å². The zero-order valence-corrected chi connectivity index (χ0v) is 18.2. The number of benzene rings is 2. The Bertz CT molecular complexity index is 1090. The quantitative estimate of drug-likeness (QED) is 0.271. The van der Waals surface area contributed by atoms with E-state index in [2.05, 4.69) is 33.0 Å². The minimum absolute atomic E-state index is 0.153. The van der Waals surface area contributed by atoms with Crippen LogP contribution < -0.4 is 19.6 Å². The topological polar surface area (TPSA) is 82.3 Å². The molecule has 0 atom stereocenters. The van der Waals surface area contributed by atoms with E-state index in [1.54, 1.807) is 43.5 Å². The second-order valence-corrected chi connectivity index (χ2v) is 6.92. The summed E-state index contributed by atoms with van der Waals surface area (Å²) in [6, 6.07) is 10.5. The molecule has 0 aliphatic rings. The molecular weight excluding hydrogens is 452 g/mol. The van der Waals surface area contributed by atoms with Crippen molar-refractivity contribution < 1.29 is 23.4 Å².